The molecule has 0 saturated carbocycles. The molecule has 9 nitrogen and oxygen atoms in total. The van der Waals surface area contributed by atoms with Crippen LogP contribution in [0.4, 0.5) is 5.69 Å². The molecular weight excluding hydrogens is 396 g/mol. The van der Waals surface area contributed by atoms with Crippen LogP contribution in [0.5, 0.6) is 5.75 Å². The maximum absolute atomic E-state index is 12.9. The summed E-state index contributed by atoms with van der Waals surface area (Å²) in [4.78, 5) is 21.9. The van der Waals surface area contributed by atoms with E-state index in [4.69, 9.17) is 14.5 Å². The lowest BCUT2D eigenvalue weighted by Crippen LogP contribution is -2.15. The van der Waals surface area contributed by atoms with E-state index >= 15 is 0 Å². The third kappa shape index (κ3) is 3.96. The van der Waals surface area contributed by atoms with E-state index in [1.54, 1.807) is 29.0 Å². The van der Waals surface area contributed by atoms with Crippen molar-refractivity contribution in [2.24, 2.45) is 0 Å². The second-order valence-electron chi connectivity index (χ2n) is 7.94. The highest BCUT2D eigenvalue weighted by atomic mass is 16.5. The Bertz CT molecular complexity index is 1210. The van der Waals surface area contributed by atoms with Crippen molar-refractivity contribution in [3.8, 4) is 5.75 Å². The van der Waals surface area contributed by atoms with Crippen molar-refractivity contribution in [1.82, 2.24) is 24.0 Å². The first kappa shape index (κ1) is 19.5. The van der Waals surface area contributed by atoms with Gasteiger partial charge in [0.15, 0.2) is 11.3 Å². The summed E-state index contributed by atoms with van der Waals surface area (Å²) in [6.07, 6.45) is 9.15. The van der Waals surface area contributed by atoms with Crippen LogP contribution in [0.1, 0.15) is 48.8 Å². The van der Waals surface area contributed by atoms with Gasteiger partial charge in [0.2, 0.25) is 0 Å². The summed E-state index contributed by atoms with van der Waals surface area (Å²) in [5.74, 6) is 0.622. The first-order valence-corrected chi connectivity index (χ1v) is 10.5. The summed E-state index contributed by atoms with van der Waals surface area (Å²) in [6, 6.07) is 5.28. The highest BCUT2D eigenvalue weighted by molar-refractivity contribution is 6.04. The van der Waals surface area contributed by atoms with E-state index in [2.05, 4.69) is 15.4 Å². The van der Waals surface area contributed by atoms with E-state index in [9.17, 15) is 4.79 Å². The molecule has 9 heteroatoms. The lowest BCUT2D eigenvalue weighted by molar-refractivity contribution is 0.0846. The summed E-state index contributed by atoms with van der Waals surface area (Å²) < 4.78 is 14.9. The maximum atomic E-state index is 12.9. The third-order valence-corrected chi connectivity index (χ3v) is 5.29. The fraction of sp³-hybridized carbons (Fsp3) is 0.364. The van der Waals surface area contributed by atoms with E-state index < -0.39 is 0 Å². The molecule has 160 valence electrons. The minimum atomic E-state index is -0.330. The lowest BCUT2D eigenvalue weighted by Gasteiger charge is -2.19. The first-order chi connectivity index (χ1) is 15.1. The number of pyridine rings is 1. The molecular formula is C22H24N6O3. The molecule has 1 aliphatic heterocycles. The average molecular weight is 420 g/mol. The number of carbonyl (C=O) groups is 1. The van der Waals surface area contributed by atoms with Gasteiger partial charge in [-0.2, -0.15) is 5.10 Å². The van der Waals surface area contributed by atoms with Gasteiger partial charge in [0, 0.05) is 56.1 Å². The van der Waals surface area contributed by atoms with Gasteiger partial charge >= 0.3 is 0 Å². The predicted octanol–water partition coefficient (Wildman–Crippen LogP) is 3.31. The summed E-state index contributed by atoms with van der Waals surface area (Å²) in [6.45, 7) is 5.41. The van der Waals surface area contributed by atoms with Crippen LogP contribution in [0.15, 0.2) is 43.0 Å². The molecule has 0 atom stereocenters. The standard InChI is InChI=1S/C22H24N6O3/c1-14(2)31-19-11-21-24-17(15-4-8-30-9-5-15)12-27(21)13-18(19)25-22(29)16-10-20-23-6-3-7-28(20)26-16/h3,6-7,10-15H,4-5,8-9H2,1-2H3,(H,25,29). The van der Waals surface area contributed by atoms with Crippen molar-refractivity contribution >= 4 is 22.9 Å². The Balaban J connectivity index is 1.48. The normalized spacial score (nSPS) is 15.1. The monoisotopic (exact) mass is 420 g/mol. The summed E-state index contributed by atoms with van der Waals surface area (Å²) in [5.41, 5.74) is 3.27. The second-order valence-corrected chi connectivity index (χ2v) is 7.94. The molecule has 0 aromatic carbocycles. The number of rotatable bonds is 5. The number of anilines is 1. The molecule has 1 saturated heterocycles. The van der Waals surface area contributed by atoms with Crippen molar-refractivity contribution in [2.75, 3.05) is 18.5 Å². The quantitative estimate of drug-likeness (QED) is 0.532. The number of hydrogen-bond acceptors (Lipinski definition) is 6. The van der Waals surface area contributed by atoms with Gasteiger partial charge in [0.05, 0.1) is 11.8 Å². The van der Waals surface area contributed by atoms with Crippen LogP contribution in [-0.4, -0.2) is 49.2 Å². The Labute approximate surface area is 179 Å². The number of nitrogens with one attached hydrogen (secondary N) is 1. The molecule has 5 rings (SSSR count). The molecule has 4 aromatic rings. The predicted molar refractivity (Wildman–Crippen MR) is 115 cm³/mol. The van der Waals surface area contributed by atoms with E-state index in [0.717, 1.165) is 37.4 Å². The molecule has 0 spiro atoms. The van der Waals surface area contributed by atoms with Gasteiger partial charge in [-0.25, -0.2) is 14.5 Å². The Morgan fingerprint density at radius 3 is 2.84 bits per heavy atom. The molecule has 0 radical (unpaired) electrons. The maximum Gasteiger partial charge on any atom is 0.276 e. The van der Waals surface area contributed by atoms with Crippen LogP contribution in [0.25, 0.3) is 11.3 Å². The first-order valence-electron chi connectivity index (χ1n) is 10.5. The molecule has 0 aliphatic carbocycles. The molecule has 0 unspecified atom stereocenters. The summed E-state index contributed by atoms with van der Waals surface area (Å²) in [5, 5.41) is 7.24. The molecule has 1 fully saturated rings. The highest BCUT2D eigenvalue weighted by Crippen LogP contribution is 2.31. The van der Waals surface area contributed by atoms with E-state index in [-0.39, 0.29) is 17.7 Å². The highest BCUT2D eigenvalue weighted by Gasteiger charge is 2.21. The van der Waals surface area contributed by atoms with E-state index in [0.29, 0.717) is 23.0 Å². The largest absolute Gasteiger partial charge is 0.489 e. The molecule has 0 bridgehead atoms. The van der Waals surface area contributed by atoms with Crippen LogP contribution >= 0.6 is 0 Å². The Kier molecular flexibility index (Phi) is 5.03. The average Bonchev–Trinajstić information content (AvgIpc) is 3.38. The molecule has 31 heavy (non-hydrogen) atoms. The number of ether oxygens (including phenoxy) is 2. The van der Waals surface area contributed by atoms with Crippen molar-refractivity contribution in [1.29, 1.82) is 0 Å². The fourth-order valence-corrected chi connectivity index (χ4v) is 3.80. The molecule has 1 aliphatic rings. The van der Waals surface area contributed by atoms with E-state index in [1.807, 2.05) is 36.7 Å². The van der Waals surface area contributed by atoms with Crippen LogP contribution < -0.4 is 10.1 Å². The number of amides is 1. The van der Waals surface area contributed by atoms with Gasteiger partial charge in [-0.15, -0.1) is 0 Å². The minimum Gasteiger partial charge on any atom is -0.489 e. The van der Waals surface area contributed by atoms with Crippen molar-refractivity contribution in [2.45, 2.75) is 38.7 Å². The third-order valence-electron chi connectivity index (χ3n) is 5.29. The molecule has 1 amide bonds. The van der Waals surface area contributed by atoms with Crippen LogP contribution in [0, 0.1) is 0 Å². The number of nitrogens with zero attached hydrogens (tertiary/aromatic N) is 5. The van der Waals surface area contributed by atoms with Gasteiger partial charge in [0.25, 0.3) is 5.91 Å². The smallest absolute Gasteiger partial charge is 0.276 e. The number of imidazole rings is 1. The van der Waals surface area contributed by atoms with Gasteiger partial charge < -0.3 is 19.2 Å². The summed E-state index contributed by atoms with van der Waals surface area (Å²) in [7, 11) is 0. The zero-order valence-electron chi connectivity index (χ0n) is 17.5. The second kappa shape index (κ2) is 7.99. The summed E-state index contributed by atoms with van der Waals surface area (Å²) >= 11 is 0. The number of hydrogen-bond donors (Lipinski definition) is 1. The van der Waals surface area contributed by atoms with Gasteiger partial charge in [0.1, 0.15) is 17.1 Å². The topological polar surface area (TPSA) is 95.1 Å². The lowest BCUT2D eigenvalue weighted by atomic mass is 9.97. The zero-order valence-corrected chi connectivity index (χ0v) is 17.5. The Hall–Kier alpha value is -3.46. The van der Waals surface area contributed by atoms with Gasteiger partial charge in [-0.05, 0) is 32.8 Å². The molecule has 4 aromatic heterocycles. The van der Waals surface area contributed by atoms with Crippen molar-refractivity contribution in [3.05, 3.63) is 54.4 Å². The number of carbonyl (C=O) groups excluding carboxylic acids is 1. The van der Waals surface area contributed by atoms with Crippen LogP contribution in [0.2, 0.25) is 0 Å². The fourth-order valence-electron chi connectivity index (χ4n) is 3.80. The Morgan fingerprint density at radius 1 is 1.23 bits per heavy atom. The van der Waals surface area contributed by atoms with Gasteiger partial charge in [-0.3, -0.25) is 4.79 Å². The SMILES string of the molecule is CC(C)Oc1cc2nc(C3CCOCC3)cn2cc1NC(=O)c1cc2ncccn2n1. The Morgan fingerprint density at radius 2 is 2.06 bits per heavy atom. The van der Waals surface area contributed by atoms with Crippen molar-refractivity contribution in [3.63, 3.8) is 0 Å². The zero-order chi connectivity index (χ0) is 21.4. The van der Waals surface area contributed by atoms with Crippen LogP contribution in [0.3, 0.4) is 0 Å². The minimum absolute atomic E-state index is 0.0533. The molecule has 5 heterocycles. The van der Waals surface area contributed by atoms with Crippen molar-refractivity contribution < 1.29 is 14.3 Å². The van der Waals surface area contributed by atoms with E-state index in [1.165, 1.54) is 0 Å². The van der Waals surface area contributed by atoms with Gasteiger partial charge in [-0.1, -0.05) is 0 Å². The van der Waals surface area contributed by atoms with Crippen LogP contribution in [-0.2, 0) is 4.74 Å². The molecule has 1 N–H and O–H groups in total. The number of aromatic nitrogens is 5. The number of fused-ring (bicyclic) bond motifs is 2.